The summed E-state index contributed by atoms with van der Waals surface area (Å²) in [6, 6.07) is 11.4. The van der Waals surface area contributed by atoms with Crippen molar-refractivity contribution in [2.24, 2.45) is 7.05 Å². The van der Waals surface area contributed by atoms with Gasteiger partial charge in [-0.1, -0.05) is 18.2 Å². The van der Waals surface area contributed by atoms with Crippen molar-refractivity contribution in [3.8, 4) is 10.4 Å². The molecular formula is C19H21FN4S. The summed E-state index contributed by atoms with van der Waals surface area (Å²) in [5.74, 6) is 0.919. The lowest BCUT2D eigenvalue weighted by Gasteiger charge is -2.35. The maximum atomic E-state index is 14.0. The van der Waals surface area contributed by atoms with Gasteiger partial charge in [0.1, 0.15) is 11.6 Å². The van der Waals surface area contributed by atoms with Crippen molar-refractivity contribution in [3.63, 3.8) is 0 Å². The van der Waals surface area contributed by atoms with E-state index in [0.717, 1.165) is 36.9 Å². The van der Waals surface area contributed by atoms with Gasteiger partial charge in [-0.05, 0) is 18.2 Å². The molecule has 1 saturated heterocycles. The molecule has 6 heteroatoms. The summed E-state index contributed by atoms with van der Waals surface area (Å²) >= 11 is 1.67. The summed E-state index contributed by atoms with van der Waals surface area (Å²) in [7, 11) is 2.04. The van der Waals surface area contributed by atoms with Gasteiger partial charge < -0.3 is 9.88 Å². The van der Waals surface area contributed by atoms with Crippen molar-refractivity contribution in [1.29, 1.82) is 0 Å². The topological polar surface area (TPSA) is 33.1 Å². The number of hydrogen-bond acceptors (Lipinski definition) is 4. The van der Waals surface area contributed by atoms with Crippen molar-refractivity contribution in [2.45, 2.75) is 12.6 Å². The van der Waals surface area contributed by atoms with Gasteiger partial charge in [0.2, 0.25) is 0 Å². The van der Waals surface area contributed by atoms with Crippen molar-refractivity contribution in [3.05, 3.63) is 65.3 Å². The van der Waals surface area contributed by atoms with Crippen molar-refractivity contribution < 1.29 is 4.39 Å². The Morgan fingerprint density at radius 1 is 1.28 bits per heavy atom. The van der Waals surface area contributed by atoms with Gasteiger partial charge in [0.25, 0.3) is 0 Å². The molecule has 1 fully saturated rings. The molecule has 25 heavy (non-hydrogen) atoms. The number of imidazole rings is 1. The first kappa shape index (κ1) is 16.4. The van der Waals surface area contributed by atoms with Crippen LogP contribution >= 0.6 is 11.3 Å². The maximum absolute atomic E-state index is 14.0. The number of aromatic nitrogens is 2. The molecule has 1 aliphatic heterocycles. The number of nitrogens with one attached hydrogen (secondary N) is 1. The molecule has 1 aliphatic rings. The monoisotopic (exact) mass is 356 g/mol. The molecule has 4 nitrogen and oxygen atoms in total. The summed E-state index contributed by atoms with van der Waals surface area (Å²) < 4.78 is 16.1. The Morgan fingerprint density at radius 2 is 2.16 bits per heavy atom. The Morgan fingerprint density at radius 3 is 2.96 bits per heavy atom. The molecule has 3 heterocycles. The smallest absolute Gasteiger partial charge is 0.131 e. The zero-order valence-electron chi connectivity index (χ0n) is 14.2. The summed E-state index contributed by atoms with van der Waals surface area (Å²) in [6.07, 6.45) is 3.84. The van der Waals surface area contributed by atoms with E-state index in [4.69, 9.17) is 0 Å². The van der Waals surface area contributed by atoms with Crippen LogP contribution < -0.4 is 5.32 Å². The van der Waals surface area contributed by atoms with Crippen LogP contribution in [-0.4, -0.2) is 34.1 Å². The van der Waals surface area contributed by atoms with Gasteiger partial charge >= 0.3 is 0 Å². The van der Waals surface area contributed by atoms with Crippen LogP contribution in [0, 0.1) is 5.82 Å². The van der Waals surface area contributed by atoms with Gasteiger partial charge in [0.15, 0.2) is 0 Å². The Hall–Kier alpha value is -2.02. The zero-order valence-corrected chi connectivity index (χ0v) is 15.0. The van der Waals surface area contributed by atoms with Crippen LogP contribution in [0.25, 0.3) is 10.4 Å². The molecule has 0 radical (unpaired) electrons. The second-order valence-corrected chi connectivity index (χ2v) is 7.50. The van der Waals surface area contributed by atoms with Gasteiger partial charge in [-0.15, -0.1) is 11.3 Å². The Balaban J connectivity index is 1.55. The van der Waals surface area contributed by atoms with Crippen molar-refractivity contribution >= 4 is 11.3 Å². The minimum atomic E-state index is -0.163. The van der Waals surface area contributed by atoms with E-state index in [1.54, 1.807) is 17.4 Å². The molecule has 1 aromatic carbocycles. The Kier molecular flexibility index (Phi) is 4.65. The first-order valence-corrected chi connectivity index (χ1v) is 9.29. The number of rotatable bonds is 4. The molecule has 0 aliphatic carbocycles. The molecule has 0 bridgehead atoms. The van der Waals surface area contributed by atoms with Crippen molar-refractivity contribution in [2.75, 3.05) is 19.6 Å². The Labute approximate surface area is 150 Å². The predicted molar refractivity (Wildman–Crippen MR) is 98.9 cm³/mol. The minimum Gasteiger partial charge on any atom is -0.337 e. The van der Waals surface area contributed by atoms with E-state index in [9.17, 15) is 4.39 Å². The third-order valence-corrected chi connectivity index (χ3v) is 5.77. The Bertz CT molecular complexity index is 856. The number of thiophene rings is 1. The van der Waals surface area contributed by atoms with Crippen LogP contribution in [-0.2, 0) is 13.6 Å². The quantitative estimate of drug-likeness (QED) is 0.777. The van der Waals surface area contributed by atoms with E-state index in [1.165, 1.54) is 10.9 Å². The average molecular weight is 356 g/mol. The lowest BCUT2D eigenvalue weighted by Crippen LogP contribution is -2.46. The molecule has 0 saturated carbocycles. The number of piperazine rings is 1. The van der Waals surface area contributed by atoms with Crippen LogP contribution in [0.15, 0.2) is 48.8 Å². The van der Waals surface area contributed by atoms with Gasteiger partial charge in [-0.25, -0.2) is 9.37 Å². The summed E-state index contributed by atoms with van der Waals surface area (Å²) in [6.45, 7) is 3.71. The van der Waals surface area contributed by atoms with Crippen LogP contribution in [0.4, 0.5) is 4.39 Å². The van der Waals surface area contributed by atoms with E-state index in [-0.39, 0.29) is 11.9 Å². The summed E-state index contributed by atoms with van der Waals surface area (Å²) in [4.78, 5) is 9.22. The van der Waals surface area contributed by atoms with E-state index in [2.05, 4.69) is 25.8 Å². The highest BCUT2D eigenvalue weighted by molar-refractivity contribution is 7.15. The van der Waals surface area contributed by atoms with Crippen LogP contribution in [0.3, 0.4) is 0 Å². The van der Waals surface area contributed by atoms with Gasteiger partial charge in [-0.2, -0.15) is 0 Å². The number of halogens is 1. The third-order valence-electron chi connectivity index (χ3n) is 4.67. The fourth-order valence-corrected chi connectivity index (χ4v) is 4.42. The van der Waals surface area contributed by atoms with Crippen LogP contribution in [0.1, 0.15) is 16.7 Å². The third kappa shape index (κ3) is 3.38. The molecule has 130 valence electrons. The van der Waals surface area contributed by atoms with Crippen molar-refractivity contribution in [1.82, 2.24) is 19.8 Å². The molecular weight excluding hydrogens is 335 g/mol. The largest absolute Gasteiger partial charge is 0.337 e. The summed E-state index contributed by atoms with van der Waals surface area (Å²) in [5.41, 5.74) is 0.680. The molecule has 1 unspecified atom stereocenters. The second-order valence-electron chi connectivity index (χ2n) is 6.33. The molecule has 3 aromatic rings. The van der Waals surface area contributed by atoms with E-state index >= 15 is 0 Å². The first-order chi connectivity index (χ1) is 12.2. The van der Waals surface area contributed by atoms with Gasteiger partial charge in [0, 0.05) is 60.9 Å². The van der Waals surface area contributed by atoms with E-state index in [0.29, 0.717) is 5.56 Å². The first-order valence-electron chi connectivity index (χ1n) is 8.48. The number of nitrogens with zero attached hydrogens (tertiary/aromatic N) is 3. The molecule has 0 amide bonds. The van der Waals surface area contributed by atoms with E-state index < -0.39 is 0 Å². The molecule has 0 spiro atoms. The SMILES string of the molecule is Cn1ccnc1C1CNCCN1Cc1ccc(-c2ccccc2F)s1. The van der Waals surface area contributed by atoms with Crippen LogP contribution in [0.5, 0.6) is 0 Å². The van der Waals surface area contributed by atoms with E-state index in [1.807, 2.05) is 37.6 Å². The predicted octanol–water partition coefficient (Wildman–Crippen LogP) is 3.43. The zero-order chi connectivity index (χ0) is 17.2. The minimum absolute atomic E-state index is 0.163. The maximum Gasteiger partial charge on any atom is 0.131 e. The second kappa shape index (κ2) is 7.07. The molecule has 1 N–H and O–H groups in total. The molecule has 1 atom stereocenters. The summed E-state index contributed by atoms with van der Waals surface area (Å²) in [5, 5.41) is 3.46. The molecule has 2 aromatic heterocycles. The number of aryl methyl sites for hydroxylation is 1. The number of benzene rings is 1. The molecule has 4 rings (SSSR count). The number of hydrogen-bond donors (Lipinski definition) is 1. The fraction of sp³-hybridized carbons (Fsp3) is 0.316. The lowest BCUT2D eigenvalue weighted by molar-refractivity contribution is 0.146. The van der Waals surface area contributed by atoms with Gasteiger partial charge in [0.05, 0.1) is 6.04 Å². The highest BCUT2D eigenvalue weighted by atomic mass is 32.1. The van der Waals surface area contributed by atoms with Gasteiger partial charge in [-0.3, -0.25) is 4.90 Å². The standard InChI is InChI=1S/C19H21FN4S/c1-23-10-9-22-19(23)17-12-21-8-11-24(17)13-14-6-7-18(25-14)15-4-2-3-5-16(15)20/h2-7,9-10,17,21H,8,11-13H2,1H3. The highest BCUT2D eigenvalue weighted by Gasteiger charge is 2.27. The van der Waals surface area contributed by atoms with Crippen LogP contribution in [0.2, 0.25) is 0 Å². The average Bonchev–Trinajstić information content (AvgIpc) is 3.25. The normalized spacial score (nSPS) is 18.6. The fourth-order valence-electron chi connectivity index (χ4n) is 3.36. The lowest BCUT2D eigenvalue weighted by atomic mass is 10.1. The highest BCUT2D eigenvalue weighted by Crippen LogP contribution is 2.32.